The molecule has 1 aliphatic heterocycles. The molecule has 30 heavy (non-hydrogen) atoms. The minimum Gasteiger partial charge on any atom is -0.371 e. The third-order valence-electron chi connectivity index (χ3n) is 4.46. The van der Waals surface area contributed by atoms with Crippen molar-refractivity contribution in [2.45, 2.75) is 6.92 Å². The van der Waals surface area contributed by atoms with E-state index in [1.165, 1.54) is 12.5 Å². The standard InChI is InChI=1S/C13H14N6.C8H6N2O/c1-2-19-6-5-14-12(8-19)10-3-4-11(15-7-10)13-16-9-17-18-13;11-8-5-9-6-3-1-2-4-7(6)10-8/h3-5,7-9H,2,6H2,1H3,(H,16,17,18);1-5H,(H,10,11). The maximum absolute atomic E-state index is 10.8. The van der Waals surface area contributed by atoms with E-state index in [4.69, 9.17) is 0 Å². The summed E-state index contributed by atoms with van der Waals surface area (Å²) in [4.78, 5) is 32.4. The summed E-state index contributed by atoms with van der Waals surface area (Å²) in [5.74, 6) is 0.669. The lowest BCUT2D eigenvalue weighted by molar-refractivity contribution is 0.452. The van der Waals surface area contributed by atoms with Crippen molar-refractivity contribution in [3.63, 3.8) is 0 Å². The Hall–Kier alpha value is -4.14. The molecule has 9 heteroatoms. The van der Waals surface area contributed by atoms with E-state index in [1.54, 1.807) is 6.20 Å². The molecule has 0 atom stereocenters. The van der Waals surface area contributed by atoms with Crippen LogP contribution in [0.15, 0.2) is 71.1 Å². The Balaban J connectivity index is 0.000000168. The fourth-order valence-corrected chi connectivity index (χ4v) is 2.87. The third-order valence-corrected chi connectivity index (χ3v) is 4.46. The Kier molecular flexibility index (Phi) is 5.70. The average Bonchev–Trinajstić information content (AvgIpc) is 3.35. The monoisotopic (exact) mass is 400 g/mol. The van der Waals surface area contributed by atoms with Gasteiger partial charge in [0.25, 0.3) is 5.56 Å². The lowest BCUT2D eigenvalue weighted by Crippen LogP contribution is -2.21. The summed E-state index contributed by atoms with van der Waals surface area (Å²) >= 11 is 0. The minimum absolute atomic E-state index is 0.163. The van der Waals surface area contributed by atoms with Gasteiger partial charge in [0, 0.05) is 30.7 Å². The molecule has 0 spiro atoms. The first kappa shape index (κ1) is 19.2. The molecule has 4 aromatic rings. The van der Waals surface area contributed by atoms with E-state index >= 15 is 0 Å². The molecule has 1 aromatic carbocycles. The molecule has 1 aliphatic rings. The summed E-state index contributed by atoms with van der Waals surface area (Å²) in [6.45, 7) is 3.96. The van der Waals surface area contributed by atoms with Crippen LogP contribution in [0, 0.1) is 0 Å². The van der Waals surface area contributed by atoms with Gasteiger partial charge >= 0.3 is 0 Å². The molecule has 2 N–H and O–H groups in total. The lowest BCUT2D eigenvalue weighted by Gasteiger charge is -2.20. The molecule has 0 unspecified atom stereocenters. The van der Waals surface area contributed by atoms with Gasteiger partial charge in [-0.15, -0.1) is 0 Å². The number of benzene rings is 1. The normalized spacial score (nSPS) is 13.0. The zero-order valence-corrected chi connectivity index (χ0v) is 16.4. The Morgan fingerprint density at radius 2 is 1.97 bits per heavy atom. The van der Waals surface area contributed by atoms with Crippen molar-refractivity contribution in [2.75, 3.05) is 13.1 Å². The molecule has 5 rings (SSSR count). The molecule has 3 aromatic heterocycles. The quantitative estimate of drug-likeness (QED) is 0.546. The molecule has 0 aliphatic carbocycles. The van der Waals surface area contributed by atoms with E-state index in [9.17, 15) is 4.79 Å². The number of pyridine rings is 1. The maximum Gasteiger partial charge on any atom is 0.266 e. The van der Waals surface area contributed by atoms with Crippen molar-refractivity contribution >= 4 is 22.9 Å². The van der Waals surface area contributed by atoms with Crippen LogP contribution in [-0.2, 0) is 0 Å². The van der Waals surface area contributed by atoms with Gasteiger partial charge in [-0.25, -0.2) is 9.97 Å². The van der Waals surface area contributed by atoms with Crippen molar-refractivity contribution in [2.24, 2.45) is 4.99 Å². The second-order valence-electron chi connectivity index (χ2n) is 6.44. The number of H-pyrrole nitrogens is 2. The highest BCUT2D eigenvalue weighted by Gasteiger charge is 2.08. The van der Waals surface area contributed by atoms with Crippen molar-refractivity contribution in [3.05, 3.63) is 77.2 Å². The zero-order chi connectivity index (χ0) is 20.8. The van der Waals surface area contributed by atoms with Crippen LogP contribution in [0.25, 0.3) is 28.2 Å². The van der Waals surface area contributed by atoms with Crippen LogP contribution in [0.4, 0.5) is 0 Å². The van der Waals surface area contributed by atoms with E-state index in [1.807, 2.05) is 42.6 Å². The summed E-state index contributed by atoms with van der Waals surface area (Å²) in [6, 6.07) is 11.3. The van der Waals surface area contributed by atoms with Crippen molar-refractivity contribution in [1.82, 2.24) is 35.0 Å². The number of nitrogens with zero attached hydrogens (tertiary/aromatic N) is 6. The predicted octanol–water partition coefficient (Wildman–Crippen LogP) is 2.49. The fourth-order valence-electron chi connectivity index (χ4n) is 2.87. The van der Waals surface area contributed by atoms with Crippen LogP contribution in [0.2, 0.25) is 0 Å². The van der Waals surface area contributed by atoms with Gasteiger partial charge in [0.2, 0.25) is 0 Å². The molecule has 0 bridgehead atoms. The van der Waals surface area contributed by atoms with E-state index < -0.39 is 0 Å². The summed E-state index contributed by atoms with van der Waals surface area (Å²) < 4.78 is 0. The number of aliphatic imine (C=N–C) groups is 1. The predicted molar refractivity (Wildman–Crippen MR) is 116 cm³/mol. The Morgan fingerprint density at radius 3 is 2.73 bits per heavy atom. The molecule has 0 amide bonds. The van der Waals surface area contributed by atoms with Gasteiger partial charge in [0.15, 0.2) is 5.82 Å². The van der Waals surface area contributed by atoms with Crippen LogP contribution < -0.4 is 5.56 Å². The molecular weight excluding hydrogens is 380 g/mol. The Morgan fingerprint density at radius 1 is 1.07 bits per heavy atom. The van der Waals surface area contributed by atoms with Crippen molar-refractivity contribution in [3.8, 4) is 11.5 Å². The van der Waals surface area contributed by atoms with E-state index in [2.05, 4.69) is 53.1 Å². The number of aromatic nitrogens is 6. The number of nitrogens with one attached hydrogen (secondary N) is 2. The van der Waals surface area contributed by atoms with Crippen LogP contribution in [0.1, 0.15) is 12.5 Å². The molecule has 0 fully saturated rings. The number of hydrogen-bond donors (Lipinski definition) is 2. The number of rotatable bonds is 3. The van der Waals surface area contributed by atoms with Gasteiger partial charge in [-0.3, -0.25) is 19.9 Å². The Bertz CT molecular complexity index is 1230. The SMILES string of the molecule is CCN1C=C(c2ccc(-c3ncn[nH]3)nc2)N=CC1.O=c1cnc2ccccc2[nH]1. The maximum atomic E-state index is 10.8. The van der Waals surface area contributed by atoms with Crippen LogP contribution in [0.3, 0.4) is 0 Å². The highest BCUT2D eigenvalue weighted by molar-refractivity contribution is 5.77. The molecule has 4 heterocycles. The number of para-hydroxylation sites is 2. The number of hydrogen-bond acceptors (Lipinski definition) is 7. The molecule has 9 nitrogen and oxygen atoms in total. The van der Waals surface area contributed by atoms with Crippen LogP contribution >= 0.6 is 0 Å². The smallest absolute Gasteiger partial charge is 0.266 e. The largest absolute Gasteiger partial charge is 0.371 e. The zero-order valence-electron chi connectivity index (χ0n) is 16.4. The first-order chi connectivity index (χ1) is 14.7. The third kappa shape index (κ3) is 4.46. The molecular formula is C21H20N8O. The lowest BCUT2D eigenvalue weighted by atomic mass is 10.2. The van der Waals surface area contributed by atoms with Gasteiger partial charge < -0.3 is 9.88 Å². The highest BCUT2D eigenvalue weighted by Crippen LogP contribution is 2.20. The van der Waals surface area contributed by atoms with Gasteiger partial charge in [-0.2, -0.15) is 5.10 Å². The van der Waals surface area contributed by atoms with E-state index in [-0.39, 0.29) is 5.56 Å². The van der Waals surface area contributed by atoms with E-state index in [0.717, 1.165) is 41.1 Å². The summed E-state index contributed by atoms with van der Waals surface area (Å²) in [6.07, 6.45) is 8.54. The first-order valence-electron chi connectivity index (χ1n) is 9.47. The summed E-state index contributed by atoms with van der Waals surface area (Å²) in [5.41, 5.74) is 4.13. The van der Waals surface area contributed by atoms with Crippen LogP contribution in [-0.4, -0.2) is 54.3 Å². The molecule has 0 radical (unpaired) electrons. The van der Waals surface area contributed by atoms with Gasteiger partial charge in [-0.1, -0.05) is 12.1 Å². The molecule has 0 saturated heterocycles. The summed E-state index contributed by atoms with van der Waals surface area (Å²) in [7, 11) is 0. The average molecular weight is 400 g/mol. The Labute approximate surface area is 172 Å². The molecule has 0 saturated carbocycles. The summed E-state index contributed by atoms with van der Waals surface area (Å²) in [5, 5.41) is 6.61. The minimum atomic E-state index is -0.163. The fraction of sp³-hybridized carbons (Fsp3) is 0.143. The van der Waals surface area contributed by atoms with Crippen molar-refractivity contribution in [1.29, 1.82) is 0 Å². The number of fused-ring (bicyclic) bond motifs is 1. The van der Waals surface area contributed by atoms with Crippen LogP contribution in [0.5, 0.6) is 0 Å². The second kappa shape index (κ2) is 8.91. The molecule has 150 valence electrons. The second-order valence-corrected chi connectivity index (χ2v) is 6.44. The van der Waals surface area contributed by atoms with Gasteiger partial charge in [0.05, 0.1) is 29.5 Å². The topological polar surface area (TPSA) is 116 Å². The first-order valence-corrected chi connectivity index (χ1v) is 9.47. The van der Waals surface area contributed by atoms with Gasteiger partial charge in [0.1, 0.15) is 12.0 Å². The van der Waals surface area contributed by atoms with Gasteiger partial charge in [-0.05, 0) is 31.2 Å². The van der Waals surface area contributed by atoms with Crippen molar-refractivity contribution < 1.29 is 0 Å². The highest BCUT2D eigenvalue weighted by atomic mass is 16.1. The number of aromatic amines is 2. The van der Waals surface area contributed by atoms with E-state index in [0.29, 0.717) is 5.82 Å².